The van der Waals surface area contributed by atoms with Crippen molar-refractivity contribution in [2.24, 2.45) is 0 Å². The Bertz CT molecular complexity index is 494. The number of rotatable bonds is 6. The number of hydrogen-bond donors (Lipinski definition) is 1. The summed E-state index contributed by atoms with van der Waals surface area (Å²) >= 11 is 0. The van der Waals surface area contributed by atoms with Crippen LogP contribution in [0.25, 0.3) is 0 Å². The van der Waals surface area contributed by atoms with E-state index in [1.54, 1.807) is 13.8 Å². The fourth-order valence-corrected chi connectivity index (χ4v) is 1.24. The average Bonchev–Trinajstić information content (AvgIpc) is 2.38. The van der Waals surface area contributed by atoms with E-state index in [0.29, 0.717) is 6.07 Å². The van der Waals surface area contributed by atoms with Crippen LogP contribution in [-0.4, -0.2) is 31.3 Å². The van der Waals surface area contributed by atoms with Crippen LogP contribution in [0.3, 0.4) is 0 Å². The van der Waals surface area contributed by atoms with Gasteiger partial charge in [-0.1, -0.05) is 0 Å². The Morgan fingerprint density at radius 2 is 1.95 bits per heavy atom. The molecule has 1 rings (SSSR count). The highest BCUT2D eigenvalue weighted by Gasteiger charge is 2.32. The van der Waals surface area contributed by atoms with Gasteiger partial charge in [-0.25, -0.2) is 22.4 Å². The first-order valence-electron chi connectivity index (χ1n) is 6.08. The Labute approximate surface area is 119 Å². The highest BCUT2D eigenvalue weighted by atomic mass is 19.3. The van der Waals surface area contributed by atoms with Gasteiger partial charge in [0, 0.05) is 6.07 Å². The fraction of sp³-hybridized carbons (Fsp3) is 0.462. The summed E-state index contributed by atoms with van der Waals surface area (Å²) in [6, 6.07) is 2.40. The second kappa shape index (κ2) is 7.26. The lowest BCUT2D eigenvalue weighted by molar-refractivity contribution is -0.119. The number of nitrogens with one attached hydrogen (secondary N) is 1. The summed E-state index contributed by atoms with van der Waals surface area (Å²) in [5.74, 6) is -5.23. The number of carbonyl (C=O) groups is 1. The SMILES string of the molecule is CC(C)OCC(F)(F)COC(=O)Nc1ccc(F)cc1F. The summed E-state index contributed by atoms with van der Waals surface area (Å²) in [4.78, 5) is 11.3. The summed E-state index contributed by atoms with van der Waals surface area (Å²) < 4.78 is 61.4. The van der Waals surface area contributed by atoms with Crippen LogP contribution in [0.15, 0.2) is 18.2 Å². The summed E-state index contributed by atoms with van der Waals surface area (Å²) in [7, 11) is 0. The van der Waals surface area contributed by atoms with E-state index >= 15 is 0 Å². The molecule has 1 aromatic rings. The number of carbonyl (C=O) groups excluding carboxylic acids is 1. The minimum Gasteiger partial charge on any atom is -0.443 e. The average molecular weight is 309 g/mol. The van der Waals surface area contributed by atoms with E-state index in [0.717, 1.165) is 12.1 Å². The molecule has 4 nitrogen and oxygen atoms in total. The molecule has 0 aliphatic carbocycles. The number of ether oxygens (including phenoxy) is 2. The van der Waals surface area contributed by atoms with E-state index in [2.05, 4.69) is 4.74 Å². The molecule has 0 unspecified atom stereocenters. The van der Waals surface area contributed by atoms with Crippen LogP contribution in [-0.2, 0) is 9.47 Å². The predicted molar refractivity (Wildman–Crippen MR) is 67.4 cm³/mol. The molecule has 0 radical (unpaired) electrons. The summed E-state index contributed by atoms with van der Waals surface area (Å²) in [6.45, 7) is 1.05. The summed E-state index contributed by atoms with van der Waals surface area (Å²) in [5.41, 5.74) is -0.372. The number of benzene rings is 1. The van der Waals surface area contributed by atoms with Gasteiger partial charge in [0.2, 0.25) is 0 Å². The monoisotopic (exact) mass is 309 g/mol. The molecule has 1 amide bonds. The van der Waals surface area contributed by atoms with Crippen LogP contribution >= 0.6 is 0 Å². The second-order valence-electron chi connectivity index (χ2n) is 4.54. The lowest BCUT2D eigenvalue weighted by atomic mass is 10.3. The minimum absolute atomic E-state index is 0.372. The second-order valence-corrected chi connectivity index (χ2v) is 4.54. The van der Waals surface area contributed by atoms with Crippen LogP contribution in [0, 0.1) is 11.6 Å². The van der Waals surface area contributed by atoms with Crippen molar-refractivity contribution in [2.75, 3.05) is 18.5 Å². The van der Waals surface area contributed by atoms with Gasteiger partial charge in [0.1, 0.15) is 18.2 Å². The summed E-state index contributed by atoms with van der Waals surface area (Å²) in [5, 5.41) is 1.90. The zero-order valence-corrected chi connectivity index (χ0v) is 11.5. The van der Waals surface area contributed by atoms with Gasteiger partial charge in [-0.3, -0.25) is 5.32 Å². The molecular formula is C13H15F4NO3. The van der Waals surface area contributed by atoms with E-state index in [1.807, 2.05) is 5.32 Å². The van der Waals surface area contributed by atoms with Crippen molar-refractivity contribution in [1.29, 1.82) is 0 Å². The Hall–Kier alpha value is -1.83. The van der Waals surface area contributed by atoms with E-state index in [-0.39, 0.29) is 5.69 Å². The molecule has 1 N–H and O–H groups in total. The molecule has 0 saturated heterocycles. The van der Waals surface area contributed by atoms with Crippen molar-refractivity contribution < 1.29 is 31.8 Å². The van der Waals surface area contributed by atoms with Crippen molar-refractivity contribution in [3.05, 3.63) is 29.8 Å². The van der Waals surface area contributed by atoms with Gasteiger partial charge >= 0.3 is 12.0 Å². The molecule has 1 aromatic carbocycles. The van der Waals surface area contributed by atoms with Crippen LogP contribution in [0.2, 0.25) is 0 Å². The first-order chi connectivity index (χ1) is 9.69. The maximum atomic E-state index is 13.3. The lowest BCUT2D eigenvalue weighted by Gasteiger charge is -2.18. The Morgan fingerprint density at radius 3 is 2.52 bits per heavy atom. The Kier molecular flexibility index (Phi) is 5.95. The molecular weight excluding hydrogens is 294 g/mol. The van der Waals surface area contributed by atoms with E-state index < -0.39 is 43.0 Å². The third-order valence-electron chi connectivity index (χ3n) is 2.21. The van der Waals surface area contributed by atoms with Crippen molar-refractivity contribution in [2.45, 2.75) is 25.9 Å². The molecule has 0 aromatic heterocycles. The third kappa shape index (κ3) is 6.44. The maximum Gasteiger partial charge on any atom is 0.411 e. The molecule has 0 aliphatic heterocycles. The molecule has 0 heterocycles. The smallest absolute Gasteiger partial charge is 0.411 e. The third-order valence-corrected chi connectivity index (χ3v) is 2.21. The zero-order chi connectivity index (χ0) is 16.0. The first kappa shape index (κ1) is 17.2. The van der Waals surface area contributed by atoms with Crippen molar-refractivity contribution >= 4 is 11.8 Å². The van der Waals surface area contributed by atoms with Crippen molar-refractivity contribution in [3.63, 3.8) is 0 Å². The van der Waals surface area contributed by atoms with E-state index in [1.165, 1.54) is 0 Å². The lowest BCUT2D eigenvalue weighted by Crippen LogP contribution is -2.33. The zero-order valence-electron chi connectivity index (χ0n) is 11.5. The molecule has 0 aliphatic rings. The minimum atomic E-state index is -3.36. The Morgan fingerprint density at radius 1 is 1.29 bits per heavy atom. The first-order valence-corrected chi connectivity index (χ1v) is 6.08. The van der Waals surface area contributed by atoms with Crippen LogP contribution in [0.5, 0.6) is 0 Å². The summed E-state index contributed by atoms with van der Waals surface area (Å²) in [6.07, 6.45) is -1.66. The number of alkyl halides is 2. The van der Waals surface area contributed by atoms with Crippen LogP contribution in [0.4, 0.5) is 28.0 Å². The molecule has 0 saturated carbocycles. The normalized spacial score (nSPS) is 11.6. The molecule has 118 valence electrons. The number of amides is 1. The standard InChI is InChI=1S/C13H15F4NO3/c1-8(2)20-6-13(16,17)7-21-12(19)18-11-4-3-9(14)5-10(11)15/h3-5,8H,6-7H2,1-2H3,(H,18,19). The quantitative estimate of drug-likeness (QED) is 0.817. The van der Waals surface area contributed by atoms with Gasteiger partial charge < -0.3 is 9.47 Å². The van der Waals surface area contributed by atoms with E-state index in [9.17, 15) is 22.4 Å². The number of halogens is 4. The molecule has 0 spiro atoms. The largest absolute Gasteiger partial charge is 0.443 e. The Balaban J connectivity index is 2.46. The van der Waals surface area contributed by atoms with Gasteiger partial charge in [0.25, 0.3) is 0 Å². The van der Waals surface area contributed by atoms with Gasteiger partial charge in [-0.15, -0.1) is 0 Å². The maximum absolute atomic E-state index is 13.3. The highest BCUT2D eigenvalue weighted by molar-refractivity contribution is 5.84. The predicted octanol–water partition coefficient (Wildman–Crippen LogP) is 3.57. The molecule has 0 bridgehead atoms. The molecule has 21 heavy (non-hydrogen) atoms. The highest BCUT2D eigenvalue weighted by Crippen LogP contribution is 2.17. The van der Waals surface area contributed by atoms with Crippen molar-refractivity contribution in [1.82, 2.24) is 0 Å². The van der Waals surface area contributed by atoms with Gasteiger partial charge in [-0.05, 0) is 26.0 Å². The van der Waals surface area contributed by atoms with Gasteiger partial charge in [0.15, 0.2) is 6.61 Å². The van der Waals surface area contributed by atoms with Gasteiger partial charge in [-0.2, -0.15) is 0 Å². The van der Waals surface area contributed by atoms with Crippen LogP contribution in [0.1, 0.15) is 13.8 Å². The molecule has 0 atom stereocenters. The topological polar surface area (TPSA) is 47.6 Å². The molecule has 0 fully saturated rings. The number of anilines is 1. The van der Waals surface area contributed by atoms with E-state index in [4.69, 9.17) is 4.74 Å². The van der Waals surface area contributed by atoms with Crippen molar-refractivity contribution in [3.8, 4) is 0 Å². The van der Waals surface area contributed by atoms with Gasteiger partial charge in [0.05, 0.1) is 11.8 Å². The fourth-order valence-electron chi connectivity index (χ4n) is 1.24. The van der Waals surface area contributed by atoms with Crippen LogP contribution < -0.4 is 5.32 Å². The molecule has 8 heteroatoms. The number of hydrogen-bond acceptors (Lipinski definition) is 3.